The molecule has 0 bridgehead atoms. The average molecular weight is 365 g/mol. The number of allylic oxidation sites excluding steroid dienone is 2. The molecule has 0 saturated carbocycles. The van der Waals surface area contributed by atoms with Gasteiger partial charge in [0.05, 0.1) is 17.6 Å². The largest absolute Gasteiger partial charge is 0.368 e. The van der Waals surface area contributed by atoms with Crippen LogP contribution in [0.4, 0.5) is 0 Å². The number of aromatic nitrogens is 2. The van der Waals surface area contributed by atoms with Gasteiger partial charge in [-0.15, -0.1) is 0 Å². The molecule has 2 saturated heterocycles. The summed E-state index contributed by atoms with van der Waals surface area (Å²) in [6, 6.07) is 8.04. The highest BCUT2D eigenvalue weighted by Crippen LogP contribution is 2.28. The molecule has 1 aromatic carbocycles. The smallest absolute Gasteiger partial charge is 0.254 e. The molecule has 1 N–H and O–H groups in total. The number of likely N-dealkylation sites (tertiary alicyclic amines) is 1. The van der Waals surface area contributed by atoms with Crippen LogP contribution in [0.5, 0.6) is 0 Å². The van der Waals surface area contributed by atoms with Crippen LogP contribution in [0.25, 0.3) is 11.0 Å². The number of rotatable bonds is 2. The molecule has 2 fully saturated rings. The molecule has 27 heavy (non-hydrogen) atoms. The summed E-state index contributed by atoms with van der Waals surface area (Å²) in [6.45, 7) is 1.74. The Labute approximate surface area is 157 Å². The van der Waals surface area contributed by atoms with Crippen molar-refractivity contribution in [1.29, 1.82) is 0 Å². The topological polar surface area (TPSA) is 67.5 Å². The number of H-pyrrole nitrogens is 1. The molecule has 6 nitrogen and oxygen atoms in total. The van der Waals surface area contributed by atoms with Crippen LogP contribution in [-0.2, 0) is 14.3 Å². The Bertz CT molecular complexity index is 870. The Morgan fingerprint density at radius 3 is 2.93 bits per heavy atom. The highest BCUT2D eigenvalue weighted by Gasteiger charge is 2.37. The lowest BCUT2D eigenvalue weighted by Crippen LogP contribution is -2.52. The highest BCUT2D eigenvalue weighted by atomic mass is 16.6. The molecule has 1 aliphatic carbocycles. The predicted molar refractivity (Wildman–Crippen MR) is 101 cm³/mol. The molecule has 1 amide bonds. The van der Waals surface area contributed by atoms with Gasteiger partial charge in [-0.1, -0.05) is 36.4 Å². The predicted octanol–water partition coefficient (Wildman–Crippen LogP) is 2.55. The van der Waals surface area contributed by atoms with Gasteiger partial charge in [-0.2, -0.15) is 0 Å². The summed E-state index contributed by atoms with van der Waals surface area (Å²) in [5, 5.41) is 0. The number of aromatic amines is 1. The molecular formula is C21H23N3O3. The molecule has 1 aromatic heterocycles. The first-order chi connectivity index (χ1) is 13.3. The molecule has 4 atom stereocenters. The fourth-order valence-corrected chi connectivity index (χ4v) is 4.17. The summed E-state index contributed by atoms with van der Waals surface area (Å²) in [7, 11) is 0. The lowest BCUT2D eigenvalue weighted by molar-refractivity contribution is -0.177. The van der Waals surface area contributed by atoms with E-state index in [0.29, 0.717) is 13.2 Å². The number of para-hydroxylation sites is 2. The Morgan fingerprint density at radius 2 is 2.04 bits per heavy atom. The molecular weight excluding hydrogens is 342 g/mol. The Morgan fingerprint density at radius 1 is 1.19 bits per heavy atom. The van der Waals surface area contributed by atoms with Crippen LogP contribution >= 0.6 is 0 Å². The first kappa shape index (κ1) is 16.7. The molecule has 140 valence electrons. The Balaban J connectivity index is 1.28. The molecule has 4 unspecified atom stereocenters. The molecule has 6 heteroatoms. The van der Waals surface area contributed by atoms with Crippen LogP contribution in [0, 0.1) is 0 Å². The lowest BCUT2D eigenvalue weighted by Gasteiger charge is -2.38. The Kier molecular flexibility index (Phi) is 4.30. The van der Waals surface area contributed by atoms with Crippen molar-refractivity contribution >= 4 is 16.9 Å². The van der Waals surface area contributed by atoms with E-state index in [2.05, 4.69) is 4.98 Å². The van der Waals surface area contributed by atoms with Crippen LogP contribution in [0.15, 0.2) is 48.6 Å². The molecule has 0 spiro atoms. The molecule has 0 radical (unpaired) electrons. The van der Waals surface area contributed by atoms with Gasteiger partial charge in [0.1, 0.15) is 18.0 Å². The van der Waals surface area contributed by atoms with Gasteiger partial charge in [-0.25, -0.2) is 4.98 Å². The SMILES string of the molecule is O=C(C1COC2C=CC=CC2O1)N1CCCC(c2nc3ccccc3[nH]2)C1. The van der Waals surface area contributed by atoms with Gasteiger partial charge in [-0.05, 0) is 25.0 Å². The minimum atomic E-state index is -0.531. The molecule has 2 aliphatic heterocycles. The normalized spacial score (nSPS) is 30.4. The van der Waals surface area contributed by atoms with Gasteiger partial charge >= 0.3 is 0 Å². The van der Waals surface area contributed by atoms with E-state index >= 15 is 0 Å². The summed E-state index contributed by atoms with van der Waals surface area (Å²) in [6.07, 6.45) is 9.04. The maximum Gasteiger partial charge on any atom is 0.254 e. The van der Waals surface area contributed by atoms with Gasteiger partial charge in [0.15, 0.2) is 6.10 Å². The van der Waals surface area contributed by atoms with E-state index in [9.17, 15) is 4.79 Å². The molecule has 2 aromatic rings. The van der Waals surface area contributed by atoms with Crippen LogP contribution in [0.2, 0.25) is 0 Å². The Hall–Kier alpha value is -2.44. The van der Waals surface area contributed by atoms with Crippen molar-refractivity contribution < 1.29 is 14.3 Å². The molecule has 3 heterocycles. The van der Waals surface area contributed by atoms with Crippen molar-refractivity contribution in [2.24, 2.45) is 0 Å². The minimum absolute atomic E-state index is 0.0252. The van der Waals surface area contributed by atoms with Crippen LogP contribution < -0.4 is 0 Å². The second-order valence-electron chi connectivity index (χ2n) is 7.42. The number of hydrogen-bond acceptors (Lipinski definition) is 4. The monoisotopic (exact) mass is 365 g/mol. The van der Waals surface area contributed by atoms with E-state index in [1.165, 1.54) is 0 Å². The van der Waals surface area contributed by atoms with Crippen LogP contribution in [-0.4, -0.2) is 58.8 Å². The number of ether oxygens (including phenoxy) is 2. The number of fused-ring (bicyclic) bond motifs is 2. The van der Waals surface area contributed by atoms with E-state index in [0.717, 1.165) is 36.2 Å². The van der Waals surface area contributed by atoms with Crippen LogP contribution in [0.3, 0.4) is 0 Å². The number of nitrogens with zero attached hydrogens (tertiary/aromatic N) is 2. The van der Waals surface area contributed by atoms with Crippen molar-refractivity contribution in [2.75, 3.05) is 19.7 Å². The summed E-state index contributed by atoms with van der Waals surface area (Å²) >= 11 is 0. The molecule has 3 aliphatic rings. The third kappa shape index (κ3) is 3.19. The second kappa shape index (κ2) is 6.94. The van der Waals surface area contributed by atoms with E-state index in [4.69, 9.17) is 14.5 Å². The van der Waals surface area contributed by atoms with Crippen LogP contribution in [0.1, 0.15) is 24.6 Å². The van der Waals surface area contributed by atoms with E-state index in [1.807, 2.05) is 53.5 Å². The standard InChI is InChI=1S/C21H23N3O3/c25-21(19-13-26-17-9-3-4-10-18(17)27-19)24-11-5-6-14(12-24)20-22-15-7-1-2-8-16(15)23-20/h1-4,7-10,14,17-19H,5-6,11-13H2,(H,22,23). The van der Waals surface area contributed by atoms with Crippen molar-refractivity contribution in [3.63, 3.8) is 0 Å². The number of benzene rings is 1. The number of piperidine rings is 1. The first-order valence-electron chi connectivity index (χ1n) is 9.63. The zero-order valence-electron chi connectivity index (χ0n) is 15.1. The third-order valence-corrected chi connectivity index (χ3v) is 5.60. The molecule has 5 rings (SSSR count). The fraction of sp³-hybridized carbons (Fsp3) is 0.429. The van der Waals surface area contributed by atoms with E-state index in [-0.39, 0.29) is 24.0 Å². The van der Waals surface area contributed by atoms with Gasteiger partial charge in [-0.3, -0.25) is 4.79 Å². The zero-order valence-corrected chi connectivity index (χ0v) is 15.1. The number of carbonyl (C=O) groups is 1. The number of carbonyl (C=O) groups excluding carboxylic acids is 1. The maximum atomic E-state index is 13.0. The van der Waals surface area contributed by atoms with Crippen molar-refractivity contribution in [1.82, 2.24) is 14.9 Å². The second-order valence-corrected chi connectivity index (χ2v) is 7.42. The summed E-state index contributed by atoms with van der Waals surface area (Å²) < 4.78 is 11.8. The van der Waals surface area contributed by atoms with Gasteiger partial charge in [0.2, 0.25) is 0 Å². The quantitative estimate of drug-likeness (QED) is 0.888. The maximum absolute atomic E-state index is 13.0. The zero-order chi connectivity index (χ0) is 18.2. The minimum Gasteiger partial charge on any atom is -0.368 e. The fourth-order valence-electron chi connectivity index (χ4n) is 4.17. The van der Waals surface area contributed by atoms with Crippen molar-refractivity contribution in [3.05, 3.63) is 54.4 Å². The summed E-state index contributed by atoms with van der Waals surface area (Å²) in [5.41, 5.74) is 2.02. The first-order valence-corrected chi connectivity index (χ1v) is 9.63. The summed E-state index contributed by atoms with van der Waals surface area (Å²) in [4.78, 5) is 23.1. The average Bonchev–Trinajstić information content (AvgIpc) is 3.17. The van der Waals surface area contributed by atoms with E-state index in [1.54, 1.807) is 0 Å². The third-order valence-electron chi connectivity index (χ3n) is 5.60. The number of amides is 1. The van der Waals surface area contributed by atoms with Gasteiger partial charge in [0.25, 0.3) is 5.91 Å². The number of nitrogens with one attached hydrogen (secondary N) is 1. The number of imidazole rings is 1. The van der Waals surface area contributed by atoms with Crippen molar-refractivity contribution in [3.8, 4) is 0 Å². The van der Waals surface area contributed by atoms with Gasteiger partial charge < -0.3 is 19.4 Å². The van der Waals surface area contributed by atoms with Gasteiger partial charge in [0, 0.05) is 19.0 Å². The number of hydrogen-bond donors (Lipinski definition) is 1. The lowest BCUT2D eigenvalue weighted by atomic mass is 9.96. The van der Waals surface area contributed by atoms with Crippen molar-refractivity contribution in [2.45, 2.75) is 37.1 Å². The highest BCUT2D eigenvalue weighted by molar-refractivity contribution is 5.81. The summed E-state index contributed by atoms with van der Waals surface area (Å²) in [5.74, 6) is 1.22. The van der Waals surface area contributed by atoms with E-state index < -0.39 is 6.10 Å².